The minimum atomic E-state index is -0.234. The molecule has 0 N–H and O–H groups in total. The summed E-state index contributed by atoms with van der Waals surface area (Å²) in [5.74, 6) is 0.612. The fourth-order valence-electron chi connectivity index (χ4n) is 1.18. The van der Waals surface area contributed by atoms with Gasteiger partial charge in [0.05, 0.1) is 0 Å². The second-order valence-corrected chi connectivity index (χ2v) is 4.80. The zero-order valence-corrected chi connectivity index (χ0v) is 11.1. The molecule has 0 bridgehead atoms. The highest BCUT2D eigenvalue weighted by atomic mass is 79.9. The molecule has 0 fully saturated rings. The van der Waals surface area contributed by atoms with Crippen LogP contribution in [0, 0.1) is 11.7 Å². The molecule has 0 aliphatic rings. The predicted molar refractivity (Wildman–Crippen MR) is 67.6 cm³/mol. The highest BCUT2D eigenvalue weighted by Crippen LogP contribution is 2.23. The molecule has 0 radical (unpaired) electrons. The molecule has 0 aliphatic carbocycles. The predicted octanol–water partition coefficient (Wildman–Crippen LogP) is 4.87. The van der Waals surface area contributed by atoms with Crippen LogP contribution in [0.1, 0.15) is 19.4 Å². The SMILES string of the molecule is CC(C)/C(=C/c1cc(F)ccc1Br)CCl. The quantitative estimate of drug-likeness (QED) is 0.697. The molecule has 0 spiro atoms. The Morgan fingerprint density at radius 3 is 2.73 bits per heavy atom. The first-order valence-corrected chi connectivity index (χ1v) is 6.09. The van der Waals surface area contributed by atoms with Gasteiger partial charge in [0.15, 0.2) is 0 Å². The van der Waals surface area contributed by atoms with Gasteiger partial charge in [-0.15, -0.1) is 11.6 Å². The number of allylic oxidation sites excluding steroid dienone is 1. The number of hydrogen-bond acceptors (Lipinski definition) is 0. The standard InChI is InChI=1S/C12H13BrClF/c1-8(2)10(7-14)5-9-6-11(15)3-4-12(9)13/h3-6,8H,7H2,1-2H3/b10-5+. The zero-order valence-electron chi connectivity index (χ0n) is 8.73. The van der Waals surface area contributed by atoms with Crippen molar-refractivity contribution >= 4 is 33.6 Å². The maximum absolute atomic E-state index is 13.0. The maximum Gasteiger partial charge on any atom is 0.123 e. The number of rotatable bonds is 3. The van der Waals surface area contributed by atoms with Gasteiger partial charge in [-0.1, -0.05) is 41.4 Å². The molecular formula is C12H13BrClF. The van der Waals surface area contributed by atoms with Crippen LogP contribution in [0.5, 0.6) is 0 Å². The molecule has 0 saturated carbocycles. The molecule has 1 aromatic rings. The molecule has 3 heteroatoms. The van der Waals surface area contributed by atoms with Crippen molar-refractivity contribution in [3.63, 3.8) is 0 Å². The monoisotopic (exact) mass is 290 g/mol. The van der Waals surface area contributed by atoms with Crippen molar-refractivity contribution in [2.75, 3.05) is 5.88 Å². The molecular weight excluding hydrogens is 278 g/mol. The lowest BCUT2D eigenvalue weighted by molar-refractivity contribution is 0.627. The van der Waals surface area contributed by atoms with Crippen molar-refractivity contribution in [2.45, 2.75) is 13.8 Å². The van der Waals surface area contributed by atoms with Gasteiger partial charge in [0.1, 0.15) is 5.82 Å². The van der Waals surface area contributed by atoms with Gasteiger partial charge < -0.3 is 0 Å². The summed E-state index contributed by atoms with van der Waals surface area (Å²) in [5, 5.41) is 0. The largest absolute Gasteiger partial charge is 0.207 e. The lowest BCUT2D eigenvalue weighted by Crippen LogP contribution is -1.95. The summed E-state index contributed by atoms with van der Waals surface area (Å²) >= 11 is 9.21. The number of hydrogen-bond donors (Lipinski definition) is 0. The second-order valence-electron chi connectivity index (χ2n) is 3.67. The van der Waals surface area contributed by atoms with Crippen LogP contribution in [0.3, 0.4) is 0 Å². The minimum Gasteiger partial charge on any atom is -0.207 e. The van der Waals surface area contributed by atoms with E-state index < -0.39 is 0 Å². The van der Waals surface area contributed by atoms with Crippen molar-refractivity contribution in [1.82, 2.24) is 0 Å². The van der Waals surface area contributed by atoms with Crippen LogP contribution in [0.2, 0.25) is 0 Å². The zero-order chi connectivity index (χ0) is 11.4. The summed E-state index contributed by atoms with van der Waals surface area (Å²) < 4.78 is 13.9. The molecule has 0 aromatic heterocycles. The Morgan fingerprint density at radius 1 is 1.53 bits per heavy atom. The van der Waals surface area contributed by atoms with E-state index in [1.807, 2.05) is 6.08 Å². The van der Waals surface area contributed by atoms with E-state index in [1.165, 1.54) is 12.1 Å². The Morgan fingerprint density at radius 2 is 2.20 bits per heavy atom. The molecule has 0 atom stereocenters. The van der Waals surface area contributed by atoms with Crippen molar-refractivity contribution in [3.8, 4) is 0 Å². The topological polar surface area (TPSA) is 0 Å². The van der Waals surface area contributed by atoms with Gasteiger partial charge in [-0.2, -0.15) is 0 Å². The first kappa shape index (κ1) is 12.7. The summed E-state index contributed by atoms with van der Waals surface area (Å²) in [7, 11) is 0. The summed E-state index contributed by atoms with van der Waals surface area (Å²) in [6, 6.07) is 4.63. The summed E-state index contributed by atoms with van der Waals surface area (Å²) in [4.78, 5) is 0. The molecule has 15 heavy (non-hydrogen) atoms. The van der Waals surface area contributed by atoms with E-state index in [0.29, 0.717) is 11.8 Å². The van der Waals surface area contributed by atoms with E-state index in [4.69, 9.17) is 11.6 Å². The lowest BCUT2D eigenvalue weighted by Gasteiger charge is -2.08. The Hall–Kier alpha value is -0.340. The van der Waals surface area contributed by atoms with Gasteiger partial charge in [-0.25, -0.2) is 4.39 Å². The smallest absolute Gasteiger partial charge is 0.123 e. The van der Waals surface area contributed by atoms with Crippen LogP contribution in [0.15, 0.2) is 28.2 Å². The van der Waals surface area contributed by atoms with E-state index in [9.17, 15) is 4.39 Å². The summed E-state index contributed by atoms with van der Waals surface area (Å²) in [6.07, 6.45) is 1.94. The molecule has 82 valence electrons. The first-order valence-electron chi connectivity index (χ1n) is 4.76. The van der Waals surface area contributed by atoms with Crippen LogP contribution in [0.25, 0.3) is 6.08 Å². The van der Waals surface area contributed by atoms with Gasteiger partial charge >= 0.3 is 0 Å². The van der Waals surface area contributed by atoms with Gasteiger partial charge in [0.2, 0.25) is 0 Å². The van der Waals surface area contributed by atoms with Gasteiger partial charge in [-0.05, 0) is 29.7 Å². The van der Waals surface area contributed by atoms with Crippen LogP contribution in [-0.2, 0) is 0 Å². The van der Waals surface area contributed by atoms with Crippen molar-refractivity contribution in [1.29, 1.82) is 0 Å². The summed E-state index contributed by atoms with van der Waals surface area (Å²) in [5.41, 5.74) is 1.93. The minimum absolute atomic E-state index is 0.234. The molecule has 0 unspecified atom stereocenters. The maximum atomic E-state index is 13.0. The average molecular weight is 292 g/mol. The number of alkyl halides is 1. The Labute approximate surface area is 103 Å². The third kappa shape index (κ3) is 3.62. The number of benzene rings is 1. The fraction of sp³-hybridized carbons (Fsp3) is 0.333. The first-order chi connectivity index (χ1) is 7.04. The third-order valence-electron chi connectivity index (χ3n) is 2.19. The Balaban J connectivity index is 3.10. The normalized spacial score (nSPS) is 12.3. The van der Waals surface area contributed by atoms with E-state index in [2.05, 4.69) is 29.8 Å². The molecule has 0 amide bonds. The number of halogens is 3. The molecule has 0 heterocycles. The molecule has 1 rings (SSSR count). The molecule has 0 saturated heterocycles. The molecule has 0 aliphatic heterocycles. The van der Waals surface area contributed by atoms with Crippen LogP contribution in [-0.4, -0.2) is 5.88 Å². The second kappa shape index (κ2) is 5.66. The van der Waals surface area contributed by atoms with E-state index in [-0.39, 0.29) is 5.82 Å². The van der Waals surface area contributed by atoms with E-state index in [0.717, 1.165) is 15.6 Å². The highest BCUT2D eigenvalue weighted by Gasteiger charge is 2.04. The van der Waals surface area contributed by atoms with Crippen LogP contribution in [0.4, 0.5) is 4.39 Å². The van der Waals surface area contributed by atoms with Crippen molar-refractivity contribution in [3.05, 3.63) is 39.6 Å². The Bertz CT molecular complexity index is 372. The third-order valence-corrected chi connectivity index (χ3v) is 3.23. The highest BCUT2D eigenvalue weighted by molar-refractivity contribution is 9.10. The van der Waals surface area contributed by atoms with Crippen LogP contribution < -0.4 is 0 Å². The lowest BCUT2D eigenvalue weighted by atomic mass is 10.0. The van der Waals surface area contributed by atoms with E-state index >= 15 is 0 Å². The summed E-state index contributed by atoms with van der Waals surface area (Å²) in [6.45, 7) is 4.14. The van der Waals surface area contributed by atoms with Gasteiger partial charge in [0, 0.05) is 10.4 Å². The van der Waals surface area contributed by atoms with Crippen LogP contribution >= 0.6 is 27.5 Å². The molecule has 1 aromatic carbocycles. The van der Waals surface area contributed by atoms with Crippen molar-refractivity contribution < 1.29 is 4.39 Å². The van der Waals surface area contributed by atoms with Crippen molar-refractivity contribution in [2.24, 2.45) is 5.92 Å². The molecule has 0 nitrogen and oxygen atoms in total. The van der Waals surface area contributed by atoms with Gasteiger partial charge in [-0.3, -0.25) is 0 Å². The van der Waals surface area contributed by atoms with Gasteiger partial charge in [0.25, 0.3) is 0 Å². The fourth-order valence-corrected chi connectivity index (χ4v) is 1.93. The average Bonchev–Trinajstić information content (AvgIpc) is 2.18. The Kier molecular flexibility index (Phi) is 4.81. The van der Waals surface area contributed by atoms with E-state index in [1.54, 1.807) is 6.07 Å².